The molecule has 2 aromatic rings. The lowest BCUT2D eigenvalue weighted by molar-refractivity contribution is -0.111. The molecule has 6 heteroatoms. The van der Waals surface area contributed by atoms with Crippen molar-refractivity contribution in [3.8, 4) is 5.75 Å². The fourth-order valence-electron chi connectivity index (χ4n) is 1.37. The van der Waals surface area contributed by atoms with Crippen LogP contribution in [0.1, 0.15) is 5.76 Å². The molecule has 0 bridgehead atoms. The summed E-state index contributed by atoms with van der Waals surface area (Å²) in [6.07, 6.45) is 4.35. The Balaban J connectivity index is 2.07. The summed E-state index contributed by atoms with van der Waals surface area (Å²) < 4.78 is 5.05. The molecule has 0 saturated heterocycles. The van der Waals surface area contributed by atoms with Crippen LogP contribution >= 0.6 is 23.2 Å². The number of carbonyl (C=O) groups is 1. The Morgan fingerprint density at radius 2 is 2.00 bits per heavy atom. The maximum Gasteiger partial charge on any atom is 0.248 e. The van der Waals surface area contributed by atoms with Gasteiger partial charge in [-0.2, -0.15) is 0 Å². The van der Waals surface area contributed by atoms with Crippen molar-refractivity contribution in [2.24, 2.45) is 0 Å². The molecule has 1 aromatic carbocycles. The normalized spacial score (nSPS) is 10.8. The summed E-state index contributed by atoms with van der Waals surface area (Å²) in [5, 5.41) is 12.1. The predicted molar refractivity (Wildman–Crippen MR) is 74.5 cm³/mol. The monoisotopic (exact) mass is 297 g/mol. The highest BCUT2D eigenvalue weighted by Crippen LogP contribution is 2.34. The Labute approximate surface area is 119 Å². The molecule has 4 nitrogen and oxygen atoms in total. The SMILES string of the molecule is O=C(/C=C/c1ccco1)Nc1cc(Cl)c(O)c(Cl)c1. The van der Waals surface area contributed by atoms with Crippen LogP contribution in [0.25, 0.3) is 6.08 Å². The van der Waals surface area contributed by atoms with Crippen LogP contribution in [-0.2, 0) is 4.79 Å². The van der Waals surface area contributed by atoms with Gasteiger partial charge >= 0.3 is 0 Å². The van der Waals surface area contributed by atoms with Gasteiger partial charge in [0.2, 0.25) is 5.91 Å². The molecule has 98 valence electrons. The summed E-state index contributed by atoms with van der Waals surface area (Å²) >= 11 is 11.5. The minimum Gasteiger partial charge on any atom is -0.505 e. The lowest BCUT2D eigenvalue weighted by atomic mass is 10.3. The quantitative estimate of drug-likeness (QED) is 0.666. The molecule has 0 saturated carbocycles. The van der Waals surface area contributed by atoms with E-state index >= 15 is 0 Å². The smallest absolute Gasteiger partial charge is 0.248 e. The van der Waals surface area contributed by atoms with Gasteiger partial charge in [-0.15, -0.1) is 0 Å². The third kappa shape index (κ3) is 3.53. The fraction of sp³-hybridized carbons (Fsp3) is 0. The molecule has 0 aliphatic carbocycles. The molecule has 0 aliphatic heterocycles. The highest BCUT2D eigenvalue weighted by molar-refractivity contribution is 6.37. The molecule has 0 aliphatic rings. The summed E-state index contributed by atoms with van der Waals surface area (Å²) in [6, 6.07) is 6.25. The van der Waals surface area contributed by atoms with Crippen molar-refractivity contribution >= 4 is 40.9 Å². The van der Waals surface area contributed by atoms with Crippen LogP contribution in [-0.4, -0.2) is 11.0 Å². The number of hydrogen-bond donors (Lipinski definition) is 2. The van der Waals surface area contributed by atoms with Crippen molar-refractivity contribution in [1.82, 2.24) is 0 Å². The van der Waals surface area contributed by atoms with Crippen LogP contribution in [0.4, 0.5) is 5.69 Å². The highest BCUT2D eigenvalue weighted by Gasteiger charge is 2.07. The average Bonchev–Trinajstić information content (AvgIpc) is 2.86. The first-order valence-electron chi connectivity index (χ1n) is 5.27. The molecule has 1 amide bonds. The van der Waals surface area contributed by atoms with Crippen molar-refractivity contribution in [1.29, 1.82) is 0 Å². The van der Waals surface area contributed by atoms with E-state index in [4.69, 9.17) is 27.6 Å². The third-order valence-corrected chi connectivity index (χ3v) is 2.80. The van der Waals surface area contributed by atoms with E-state index in [1.807, 2.05) is 0 Å². The second-order valence-corrected chi connectivity index (χ2v) is 4.44. The van der Waals surface area contributed by atoms with E-state index in [1.54, 1.807) is 12.1 Å². The standard InChI is InChI=1S/C13H9Cl2NO3/c14-10-6-8(7-11(15)13(10)18)16-12(17)4-3-9-2-1-5-19-9/h1-7,18H,(H,16,17)/b4-3+. The number of phenolic OH excluding ortho intramolecular Hbond substituents is 1. The second-order valence-electron chi connectivity index (χ2n) is 3.63. The van der Waals surface area contributed by atoms with Crippen LogP contribution in [0.5, 0.6) is 5.75 Å². The summed E-state index contributed by atoms with van der Waals surface area (Å²) in [5.74, 6) is -0.0152. The van der Waals surface area contributed by atoms with E-state index in [1.165, 1.54) is 30.5 Å². The topological polar surface area (TPSA) is 62.5 Å². The fourth-order valence-corrected chi connectivity index (χ4v) is 1.85. The molecule has 2 rings (SSSR count). The number of halogens is 2. The van der Waals surface area contributed by atoms with Gasteiger partial charge in [-0.3, -0.25) is 4.79 Å². The molecule has 2 N–H and O–H groups in total. The number of aromatic hydroxyl groups is 1. The number of furan rings is 1. The number of amides is 1. The predicted octanol–water partition coefficient (Wildman–Crippen LogP) is 3.94. The van der Waals surface area contributed by atoms with Crippen LogP contribution in [0.15, 0.2) is 41.0 Å². The number of nitrogens with one attached hydrogen (secondary N) is 1. The van der Waals surface area contributed by atoms with Gasteiger partial charge in [0.1, 0.15) is 5.76 Å². The van der Waals surface area contributed by atoms with Crippen molar-refractivity contribution in [2.45, 2.75) is 0 Å². The first-order chi connectivity index (χ1) is 9.06. The number of anilines is 1. The van der Waals surface area contributed by atoms with Gasteiger partial charge in [-0.05, 0) is 30.3 Å². The number of carbonyl (C=O) groups excluding carboxylic acids is 1. The number of rotatable bonds is 3. The molecular weight excluding hydrogens is 289 g/mol. The van der Waals surface area contributed by atoms with Gasteiger partial charge in [-0.1, -0.05) is 23.2 Å². The van der Waals surface area contributed by atoms with Crippen LogP contribution in [0.3, 0.4) is 0 Å². The Hall–Kier alpha value is -1.91. The van der Waals surface area contributed by atoms with Crippen molar-refractivity contribution in [3.05, 3.63) is 52.4 Å². The largest absolute Gasteiger partial charge is 0.505 e. The molecule has 0 spiro atoms. The van der Waals surface area contributed by atoms with Gasteiger partial charge < -0.3 is 14.8 Å². The van der Waals surface area contributed by atoms with Crippen LogP contribution < -0.4 is 5.32 Å². The first kappa shape index (κ1) is 13.5. The number of benzene rings is 1. The van der Waals surface area contributed by atoms with Gasteiger partial charge in [0, 0.05) is 11.8 Å². The van der Waals surface area contributed by atoms with Crippen molar-refractivity contribution in [2.75, 3.05) is 5.32 Å². The average molecular weight is 298 g/mol. The molecular formula is C13H9Cl2NO3. The van der Waals surface area contributed by atoms with E-state index in [-0.39, 0.29) is 21.7 Å². The van der Waals surface area contributed by atoms with Crippen LogP contribution in [0, 0.1) is 0 Å². The molecule has 1 heterocycles. The lowest BCUT2D eigenvalue weighted by Crippen LogP contribution is -2.07. The van der Waals surface area contributed by atoms with E-state index in [9.17, 15) is 9.90 Å². The maximum atomic E-state index is 11.6. The summed E-state index contributed by atoms with van der Waals surface area (Å²) in [7, 11) is 0. The van der Waals surface area contributed by atoms with E-state index in [0.717, 1.165) is 0 Å². The zero-order chi connectivity index (χ0) is 13.8. The Morgan fingerprint density at radius 1 is 1.32 bits per heavy atom. The Kier molecular flexibility index (Phi) is 4.14. The molecule has 1 aromatic heterocycles. The van der Waals surface area contributed by atoms with Gasteiger partial charge in [0.05, 0.1) is 16.3 Å². The number of hydrogen-bond acceptors (Lipinski definition) is 3. The zero-order valence-corrected chi connectivity index (χ0v) is 11.1. The highest BCUT2D eigenvalue weighted by atomic mass is 35.5. The minimum atomic E-state index is -0.366. The Bertz CT molecular complexity index is 598. The summed E-state index contributed by atoms with van der Waals surface area (Å²) in [6.45, 7) is 0. The Morgan fingerprint density at radius 3 is 2.58 bits per heavy atom. The van der Waals surface area contributed by atoms with Crippen LogP contribution in [0.2, 0.25) is 10.0 Å². The number of phenols is 1. The molecule has 0 atom stereocenters. The van der Waals surface area contributed by atoms with Gasteiger partial charge in [-0.25, -0.2) is 0 Å². The molecule has 0 radical (unpaired) electrons. The zero-order valence-electron chi connectivity index (χ0n) is 9.56. The van der Waals surface area contributed by atoms with Crippen molar-refractivity contribution in [3.63, 3.8) is 0 Å². The molecule has 0 fully saturated rings. The second kappa shape index (κ2) is 5.82. The van der Waals surface area contributed by atoms with E-state index in [2.05, 4.69) is 5.32 Å². The van der Waals surface area contributed by atoms with E-state index in [0.29, 0.717) is 11.4 Å². The molecule has 0 unspecified atom stereocenters. The van der Waals surface area contributed by atoms with E-state index < -0.39 is 0 Å². The van der Waals surface area contributed by atoms with Gasteiger partial charge in [0.25, 0.3) is 0 Å². The summed E-state index contributed by atoms with van der Waals surface area (Å²) in [5.41, 5.74) is 0.391. The maximum absolute atomic E-state index is 11.6. The van der Waals surface area contributed by atoms with Crippen molar-refractivity contribution < 1.29 is 14.3 Å². The lowest BCUT2D eigenvalue weighted by Gasteiger charge is -2.05. The first-order valence-corrected chi connectivity index (χ1v) is 6.02. The third-order valence-electron chi connectivity index (χ3n) is 2.23. The minimum absolute atomic E-state index is 0.0674. The summed E-state index contributed by atoms with van der Waals surface area (Å²) in [4.78, 5) is 11.6. The molecule has 19 heavy (non-hydrogen) atoms. The van der Waals surface area contributed by atoms with Gasteiger partial charge in [0.15, 0.2) is 5.75 Å².